The normalized spacial score (nSPS) is 13.2. The fourth-order valence-corrected chi connectivity index (χ4v) is 0.673. The first-order valence-corrected chi connectivity index (χ1v) is 4.04. The summed E-state index contributed by atoms with van der Waals surface area (Å²) in [5.74, 6) is -0.116. The summed E-state index contributed by atoms with van der Waals surface area (Å²) in [4.78, 5) is 11.3. The molecule has 0 radical (unpaired) electrons. The lowest BCUT2D eigenvalue weighted by molar-refractivity contribution is -0.127. The molecule has 12 heavy (non-hydrogen) atoms. The zero-order valence-electron chi connectivity index (χ0n) is 8.14. The van der Waals surface area contributed by atoms with Gasteiger partial charge in [-0.3, -0.25) is 4.79 Å². The van der Waals surface area contributed by atoms with Crippen molar-refractivity contribution in [2.45, 2.75) is 27.7 Å². The maximum atomic E-state index is 11.3. The van der Waals surface area contributed by atoms with Crippen molar-refractivity contribution < 1.29 is 4.79 Å². The average Bonchev–Trinajstić information content (AvgIpc) is 1.97. The van der Waals surface area contributed by atoms with Crippen molar-refractivity contribution in [3.8, 4) is 6.07 Å². The van der Waals surface area contributed by atoms with E-state index in [9.17, 15) is 4.79 Å². The molecule has 0 fully saturated rings. The van der Waals surface area contributed by atoms with Gasteiger partial charge in [-0.25, -0.2) is 0 Å². The number of carbonyl (C=O) groups excluding carboxylic acids is 1. The molecule has 68 valence electrons. The second kappa shape index (κ2) is 4.10. The molecular formula is C9H16N2O. The number of nitriles is 1. The van der Waals surface area contributed by atoms with E-state index in [0.29, 0.717) is 0 Å². The van der Waals surface area contributed by atoms with Crippen LogP contribution in [0.3, 0.4) is 0 Å². The Hall–Kier alpha value is -1.04. The van der Waals surface area contributed by atoms with E-state index in [1.165, 1.54) is 0 Å². The van der Waals surface area contributed by atoms with Gasteiger partial charge in [-0.2, -0.15) is 5.26 Å². The Morgan fingerprint density at radius 2 is 2.08 bits per heavy atom. The van der Waals surface area contributed by atoms with E-state index in [1.807, 2.05) is 33.8 Å². The number of rotatable bonds is 2. The van der Waals surface area contributed by atoms with Crippen LogP contribution in [-0.4, -0.2) is 12.5 Å². The number of hydrogen-bond acceptors (Lipinski definition) is 2. The van der Waals surface area contributed by atoms with E-state index in [4.69, 9.17) is 5.26 Å². The van der Waals surface area contributed by atoms with Gasteiger partial charge in [-0.15, -0.1) is 0 Å². The van der Waals surface area contributed by atoms with E-state index in [1.54, 1.807) is 0 Å². The van der Waals surface area contributed by atoms with Crippen LogP contribution >= 0.6 is 0 Å². The summed E-state index contributed by atoms with van der Waals surface area (Å²) in [5, 5.41) is 10.8. The van der Waals surface area contributed by atoms with E-state index in [0.717, 1.165) is 0 Å². The summed E-state index contributed by atoms with van der Waals surface area (Å²) in [5.41, 5.74) is -0.0421. The highest BCUT2D eigenvalue weighted by atomic mass is 16.1. The van der Waals surface area contributed by atoms with Crippen LogP contribution in [0.1, 0.15) is 27.7 Å². The Morgan fingerprint density at radius 1 is 1.58 bits per heavy atom. The van der Waals surface area contributed by atoms with Crippen molar-refractivity contribution in [2.75, 3.05) is 6.54 Å². The standard InChI is InChI=1S/C9H16N2O/c1-7(9(2,3)4)8(12)11-6-5-10/h7H,6H2,1-4H3,(H,11,12)/t7-/m1/s1. The van der Waals surface area contributed by atoms with Crippen molar-refractivity contribution in [3.63, 3.8) is 0 Å². The molecule has 0 rings (SSSR count). The van der Waals surface area contributed by atoms with Crippen LogP contribution in [0.4, 0.5) is 0 Å². The quantitative estimate of drug-likeness (QED) is 0.632. The number of nitrogens with one attached hydrogen (secondary N) is 1. The molecule has 3 nitrogen and oxygen atoms in total. The number of nitrogens with zero attached hydrogens (tertiary/aromatic N) is 1. The lowest BCUT2D eigenvalue weighted by Crippen LogP contribution is -2.36. The van der Waals surface area contributed by atoms with Gasteiger partial charge in [-0.1, -0.05) is 27.7 Å². The summed E-state index contributed by atoms with van der Waals surface area (Å²) in [6, 6.07) is 1.87. The number of amides is 1. The fraction of sp³-hybridized carbons (Fsp3) is 0.778. The van der Waals surface area contributed by atoms with Gasteiger partial charge in [0.05, 0.1) is 6.07 Å². The molecule has 3 heteroatoms. The Morgan fingerprint density at radius 3 is 2.42 bits per heavy atom. The van der Waals surface area contributed by atoms with Crippen molar-refractivity contribution in [3.05, 3.63) is 0 Å². The molecule has 0 aliphatic carbocycles. The minimum Gasteiger partial charge on any atom is -0.343 e. The van der Waals surface area contributed by atoms with Gasteiger partial charge in [0.25, 0.3) is 0 Å². The molecule has 1 amide bonds. The van der Waals surface area contributed by atoms with Crippen LogP contribution in [-0.2, 0) is 4.79 Å². The first-order valence-electron chi connectivity index (χ1n) is 4.04. The second-order valence-electron chi connectivity index (χ2n) is 3.96. The van der Waals surface area contributed by atoms with E-state index in [2.05, 4.69) is 5.32 Å². The molecule has 0 aromatic heterocycles. The summed E-state index contributed by atoms with van der Waals surface area (Å²) < 4.78 is 0. The van der Waals surface area contributed by atoms with E-state index >= 15 is 0 Å². The minimum atomic E-state index is -0.0640. The number of carbonyl (C=O) groups is 1. The molecule has 0 aliphatic rings. The van der Waals surface area contributed by atoms with Gasteiger partial charge < -0.3 is 5.32 Å². The van der Waals surface area contributed by atoms with Gasteiger partial charge in [-0.05, 0) is 5.41 Å². The highest BCUT2D eigenvalue weighted by molar-refractivity contribution is 5.79. The molecule has 0 aromatic carbocycles. The van der Waals surface area contributed by atoms with E-state index in [-0.39, 0.29) is 23.8 Å². The zero-order chi connectivity index (χ0) is 9.78. The Labute approximate surface area is 73.8 Å². The van der Waals surface area contributed by atoms with Crippen LogP contribution in [0.5, 0.6) is 0 Å². The topological polar surface area (TPSA) is 52.9 Å². The van der Waals surface area contributed by atoms with E-state index < -0.39 is 0 Å². The SMILES string of the molecule is C[C@H](C(=O)NCC#N)C(C)(C)C. The molecule has 0 aliphatic heterocycles. The van der Waals surface area contributed by atoms with Crippen LogP contribution in [0.2, 0.25) is 0 Å². The molecule has 0 heterocycles. The zero-order valence-corrected chi connectivity index (χ0v) is 8.14. The Bertz CT molecular complexity index is 198. The predicted octanol–water partition coefficient (Wildman–Crippen LogP) is 1.31. The first kappa shape index (κ1) is 11.0. The Balaban J connectivity index is 4.04. The van der Waals surface area contributed by atoms with Crippen molar-refractivity contribution in [2.24, 2.45) is 11.3 Å². The van der Waals surface area contributed by atoms with Crippen LogP contribution in [0, 0.1) is 22.7 Å². The molecule has 1 N–H and O–H groups in total. The average molecular weight is 168 g/mol. The third-order valence-electron chi connectivity index (χ3n) is 2.03. The molecule has 0 spiro atoms. The highest BCUT2D eigenvalue weighted by Gasteiger charge is 2.26. The largest absolute Gasteiger partial charge is 0.343 e. The van der Waals surface area contributed by atoms with Crippen LogP contribution in [0.15, 0.2) is 0 Å². The van der Waals surface area contributed by atoms with Gasteiger partial charge >= 0.3 is 0 Å². The summed E-state index contributed by atoms with van der Waals surface area (Å²) in [6.07, 6.45) is 0. The van der Waals surface area contributed by atoms with Crippen molar-refractivity contribution in [1.82, 2.24) is 5.32 Å². The molecule has 0 unspecified atom stereocenters. The third kappa shape index (κ3) is 3.38. The van der Waals surface area contributed by atoms with Gasteiger partial charge in [0.15, 0.2) is 0 Å². The molecule has 0 aromatic rings. The highest BCUT2D eigenvalue weighted by Crippen LogP contribution is 2.24. The molecule has 0 saturated heterocycles. The first-order chi connectivity index (χ1) is 5.39. The Kier molecular flexibility index (Phi) is 3.75. The summed E-state index contributed by atoms with van der Waals surface area (Å²) in [7, 11) is 0. The molecule has 0 bridgehead atoms. The maximum absolute atomic E-state index is 11.3. The lowest BCUT2D eigenvalue weighted by atomic mass is 9.81. The smallest absolute Gasteiger partial charge is 0.224 e. The predicted molar refractivity (Wildman–Crippen MR) is 47.2 cm³/mol. The maximum Gasteiger partial charge on any atom is 0.224 e. The number of hydrogen-bond donors (Lipinski definition) is 1. The fourth-order valence-electron chi connectivity index (χ4n) is 0.673. The second-order valence-corrected chi connectivity index (χ2v) is 3.96. The molecular weight excluding hydrogens is 152 g/mol. The molecule has 0 saturated carbocycles. The third-order valence-corrected chi connectivity index (χ3v) is 2.03. The van der Waals surface area contributed by atoms with Gasteiger partial charge in [0.1, 0.15) is 6.54 Å². The summed E-state index contributed by atoms with van der Waals surface area (Å²) >= 11 is 0. The van der Waals surface area contributed by atoms with Crippen LogP contribution in [0.25, 0.3) is 0 Å². The lowest BCUT2D eigenvalue weighted by Gasteiger charge is -2.25. The van der Waals surface area contributed by atoms with Gasteiger partial charge in [0, 0.05) is 5.92 Å². The van der Waals surface area contributed by atoms with Gasteiger partial charge in [0.2, 0.25) is 5.91 Å². The minimum absolute atomic E-state index is 0.0421. The van der Waals surface area contributed by atoms with Crippen LogP contribution < -0.4 is 5.32 Å². The van der Waals surface area contributed by atoms with Crippen molar-refractivity contribution in [1.29, 1.82) is 5.26 Å². The van der Waals surface area contributed by atoms with Crippen molar-refractivity contribution >= 4 is 5.91 Å². The molecule has 1 atom stereocenters. The summed E-state index contributed by atoms with van der Waals surface area (Å²) in [6.45, 7) is 7.98. The monoisotopic (exact) mass is 168 g/mol.